The fourth-order valence-electron chi connectivity index (χ4n) is 1.95. The molecule has 0 saturated heterocycles. The Labute approximate surface area is 133 Å². The number of nitrogens with one attached hydrogen (secondary N) is 1. The van der Waals surface area contributed by atoms with Crippen LogP contribution >= 0.6 is 0 Å². The third-order valence-electron chi connectivity index (χ3n) is 3.68. The highest BCUT2D eigenvalue weighted by Gasteiger charge is 2.32. The highest BCUT2D eigenvalue weighted by Crippen LogP contribution is 2.21. The monoisotopic (exact) mass is 308 g/mol. The van der Waals surface area contributed by atoms with E-state index in [0.29, 0.717) is 24.6 Å². The molecule has 0 aromatic carbocycles. The predicted octanol–water partition coefficient (Wildman–Crippen LogP) is 3.79. The van der Waals surface area contributed by atoms with Crippen LogP contribution in [-0.4, -0.2) is 30.2 Å². The van der Waals surface area contributed by atoms with Crippen LogP contribution in [0, 0.1) is 0 Å². The van der Waals surface area contributed by atoms with E-state index >= 15 is 0 Å². The van der Waals surface area contributed by atoms with Crippen molar-refractivity contribution in [3.8, 4) is 5.88 Å². The Hall–Kier alpha value is -1.62. The van der Waals surface area contributed by atoms with Crippen LogP contribution in [0.25, 0.3) is 0 Å². The second-order valence-electron chi connectivity index (χ2n) is 5.58. The van der Waals surface area contributed by atoms with E-state index < -0.39 is 5.60 Å². The molecular weight excluding hydrogens is 280 g/mol. The molecule has 1 aromatic rings. The number of nitrogens with zero attached hydrogens (tertiary/aromatic N) is 1. The first-order valence-electron chi connectivity index (χ1n) is 8.01. The van der Waals surface area contributed by atoms with Crippen LogP contribution in [-0.2, 0) is 9.53 Å². The molecule has 5 heteroatoms. The van der Waals surface area contributed by atoms with Gasteiger partial charge in [-0.3, -0.25) is 4.79 Å². The van der Waals surface area contributed by atoms with Gasteiger partial charge >= 0.3 is 0 Å². The number of pyridine rings is 1. The van der Waals surface area contributed by atoms with Gasteiger partial charge in [-0.2, -0.15) is 0 Å². The van der Waals surface area contributed by atoms with Gasteiger partial charge in [0.05, 0.1) is 18.5 Å². The molecule has 1 unspecified atom stereocenters. The van der Waals surface area contributed by atoms with Crippen LogP contribution in [0.2, 0.25) is 0 Å². The molecule has 0 saturated carbocycles. The van der Waals surface area contributed by atoms with E-state index in [4.69, 9.17) is 9.47 Å². The Morgan fingerprint density at radius 1 is 1.27 bits per heavy atom. The number of rotatable bonds is 10. The molecule has 0 spiro atoms. The third kappa shape index (κ3) is 5.64. The van der Waals surface area contributed by atoms with Crippen LogP contribution in [0.4, 0.5) is 5.69 Å². The number of amides is 1. The van der Waals surface area contributed by atoms with E-state index in [1.54, 1.807) is 25.4 Å². The molecule has 0 fully saturated rings. The van der Waals surface area contributed by atoms with Gasteiger partial charge in [0.25, 0.3) is 5.91 Å². The van der Waals surface area contributed by atoms with Crippen molar-refractivity contribution in [3.63, 3.8) is 0 Å². The van der Waals surface area contributed by atoms with Crippen molar-refractivity contribution in [2.45, 2.75) is 58.5 Å². The summed E-state index contributed by atoms with van der Waals surface area (Å²) in [5.41, 5.74) is -0.167. The van der Waals surface area contributed by atoms with E-state index in [2.05, 4.69) is 24.1 Å². The second kappa shape index (κ2) is 9.41. The molecule has 1 N–H and O–H groups in total. The minimum absolute atomic E-state index is 0.148. The smallest absolute Gasteiger partial charge is 0.256 e. The summed E-state index contributed by atoms with van der Waals surface area (Å²) in [7, 11) is 1.57. The summed E-state index contributed by atoms with van der Waals surface area (Å²) in [6.45, 7) is 6.68. The predicted molar refractivity (Wildman–Crippen MR) is 88.2 cm³/mol. The summed E-state index contributed by atoms with van der Waals surface area (Å²) in [6.07, 6.45) is 6.36. The zero-order valence-electron chi connectivity index (χ0n) is 14.1. The largest absolute Gasteiger partial charge is 0.478 e. The van der Waals surface area contributed by atoms with Crippen LogP contribution in [0.15, 0.2) is 18.3 Å². The summed E-state index contributed by atoms with van der Waals surface area (Å²) >= 11 is 0. The maximum Gasteiger partial charge on any atom is 0.256 e. The number of aromatic nitrogens is 1. The first-order valence-corrected chi connectivity index (χ1v) is 8.01. The van der Waals surface area contributed by atoms with Crippen molar-refractivity contribution in [1.82, 2.24) is 4.98 Å². The average molecular weight is 308 g/mol. The number of unbranched alkanes of at least 4 members (excludes halogenated alkanes) is 2. The molecule has 5 nitrogen and oxygen atoms in total. The maximum absolute atomic E-state index is 12.4. The third-order valence-corrected chi connectivity index (χ3v) is 3.68. The van der Waals surface area contributed by atoms with Gasteiger partial charge < -0.3 is 14.8 Å². The number of hydrogen-bond acceptors (Lipinski definition) is 4. The average Bonchev–Trinajstić information content (AvgIpc) is 2.54. The molecule has 1 heterocycles. The maximum atomic E-state index is 12.4. The van der Waals surface area contributed by atoms with Gasteiger partial charge in [-0.25, -0.2) is 4.98 Å². The fraction of sp³-hybridized carbons (Fsp3) is 0.647. The Morgan fingerprint density at radius 2 is 2.00 bits per heavy atom. The molecule has 1 rings (SSSR count). The molecule has 1 amide bonds. The Bertz CT molecular complexity index is 448. The molecule has 0 aliphatic rings. The van der Waals surface area contributed by atoms with E-state index in [0.717, 1.165) is 25.7 Å². The lowest BCUT2D eigenvalue weighted by Crippen LogP contribution is -2.41. The minimum Gasteiger partial charge on any atom is -0.478 e. The minimum atomic E-state index is -0.813. The number of anilines is 1. The van der Waals surface area contributed by atoms with E-state index in [-0.39, 0.29) is 5.91 Å². The van der Waals surface area contributed by atoms with E-state index in [1.165, 1.54) is 0 Å². The lowest BCUT2D eigenvalue weighted by molar-refractivity contribution is -0.136. The van der Waals surface area contributed by atoms with Gasteiger partial charge in [-0.05, 0) is 25.8 Å². The molecule has 1 atom stereocenters. The quantitative estimate of drug-likeness (QED) is 0.668. The van der Waals surface area contributed by atoms with Crippen LogP contribution in [0.3, 0.4) is 0 Å². The van der Waals surface area contributed by atoms with Gasteiger partial charge in [0.2, 0.25) is 5.88 Å². The fourth-order valence-corrected chi connectivity index (χ4v) is 1.95. The van der Waals surface area contributed by atoms with Crippen molar-refractivity contribution in [3.05, 3.63) is 18.3 Å². The molecule has 1 aromatic heterocycles. The molecule has 124 valence electrons. The van der Waals surface area contributed by atoms with Gasteiger partial charge in [0.15, 0.2) is 0 Å². The van der Waals surface area contributed by atoms with Crippen molar-refractivity contribution in [2.75, 3.05) is 19.0 Å². The van der Waals surface area contributed by atoms with Gasteiger partial charge in [0, 0.05) is 13.2 Å². The zero-order chi connectivity index (χ0) is 16.4. The first-order chi connectivity index (χ1) is 10.6. The lowest BCUT2D eigenvalue weighted by Gasteiger charge is -2.26. The number of methoxy groups -OCH3 is 1. The normalized spacial score (nSPS) is 13.5. The van der Waals surface area contributed by atoms with Crippen molar-refractivity contribution >= 4 is 11.6 Å². The van der Waals surface area contributed by atoms with Gasteiger partial charge in [-0.15, -0.1) is 0 Å². The van der Waals surface area contributed by atoms with E-state index in [9.17, 15) is 4.79 Å². The first kappa shape index (κ1) is 18.4. The molecule has 0 aliphatic carbocycles. The number of carbonyl (C=O) groups excluding carboxylic acids is 1. The van der Waals surface area contributed by atoms with Gasteiger partial charge in [0.1, 0.15) is 5.60 Å². The standard InChI is InChI=1S/C17H28N2O3/c1-5-7-11-17(3,21-4)16(20)19-14-9-10-15(18-13-14)22-12-8-6-2/h9-10,13H,5-8,11-12H2,1-4H3,(H,19,20). The number of ether oxygens (including phenoxy) is 2. The zero-order valence-corrected chi connectivity index (χ0v) is 14.1. The summed E-state index contributed by atoms with van der Waals surface area (Å²) in [5, 5.41) is 2.85. The molecule has 0 bridgehead atoms. The molecular formula is C17H28N2O3. The molecule has 22 heavy (non-hydrogen) atoms. The Balaban J connectivity index is 2.59. The molecule has 0 aliphatic heterocycles. The lowest BCUT2D eigenvalue weighted by atomic mass is 9.97. The van der Waals surface area contributed by atoms with Crippen molar-refractivity contribution in [2.24, 2.45) is 0 Å². The SMILES string of the molecule is CCCCOc1ccc(NC(=O)C(C)(CCCC)OC)cn1. The molecule has 0 radical (unpaired) electrons. The highest BCUT2D eigenvalue weighted by atomic mass is 16.5. The Kier molecular flexibility index (Phi) is 7.88. The number of hydrogen-bond donors (Lipinski definition) is 1. The van der Waals surface area contributed by atoms with Crippen LogP contribution in [0.5, 0.6) is 5.88 Å². The summed E-state index contributed by atoms with van der Waals surface area (Å²) in [4.78, 5) is 16.6. The summed E-state index contributed by atoms with van der Waals surface area (Å²) < 4.78 is 10.9. The second-order valence-corrected chi connectivity index (χ2v) is 5.58. The highest BCUT2D eigenvalue weighted by molar-refractivity contribution is 5.96. The Morgan fingerprint density at radius 3 is 2.55 bits per heavy atom. The van der Waals surface area contributed by atoms with E-state index in [1.807, 2.05) is 6.92 Å². The van der Waals surface area contributed by atoms with Crippen LogP contribution < -0.4 is 10.1 Å². The summed E-state index contributed by atoms with van der Waals surface area (Å²) in [6, 6.07) is 3.56. The number of carbonyl (C=O) groups is 1. The van der Waals surface area contributed by atoms with Crippen molar-refractivity contribution in [1.29, 1.82) is 0 Å². The van der Waals surface area contributed by atoms with Crippen molar-refractivity contribution < 1.29 is 14.3 Å². The van der Waals surface area contributed by atoms with Gasteiger partial charge in [-0.1, -0.05) is 33.1 Å². The summed E-state index contributed by atoms with van der Waals surface area (Å²) in [5.74, 6) is 0.428. The topological polar surface area (TPSA) is 60.5 Å². The van der Waals surface area contributed by atoms with Crippen LogP contribution in [0.1, 0.15) is 52.9 Å².